The molecule has 4 nitrogen and oxygen atoms in total. The van der Waals surface area contributed by atoms with Crippen molar-refractivity contribution in [2.75, 3.05) is 7.11 Å². The van der Waals surface area contributed by atoms with Crippen molar-refractivity contribution in [1.82, 2.24) is 0 Å². The Kier molecular flexibility index (Phi) is 3.25. The molecule has 0 bridgehead atoms. The van der Waals surface area contributed by atoms with Crippen LogP contribution in [0.15, 0.2) is 66.7 Å². The van der Waals surface area contributed by atoms with Gasteiger partial charge in [0.2, 0.25) is 0 Å². The van der Waals surface area contributed by atoms with Crippen molar-refractivity contribution in [2.45, 2.75) is 12.2 Å². The fourth-order valence-electron chi connectivity index (χ4n) is 3.74. The maximum absolute atomic E-state index is 12.2. The predicted molar refractivity (Wildman–Crippen MR) is 98.2 cm³/mol. The predicted octanol–water partition coefficient (Wildman–Crippen LogP) is 4.48. The van der Waals surface area contributed by atoms with Crippen molar-refractivity contribution < 1.29 is 19.0 Å². The van der Waals surface area contributed by atoms with Crippen LogP contribution >= 0.6 is 0 Å². The number of allylic oxidation sites excluding steroid dienone is 1. The first-order chi connectivity index (χ1) is 12.8. The van der Waals surface area contributed by atoms with Gasteiger partial charge in [-0.1, -0.05) is 42.5 Å². The van der Waals surface area contributed by atoms with Crippen LogP contribution in [-0.2, 0) is 0 Å². The topological polar surface area (TPSA) is 44.8 Å². The minimum absolute atomic E-state index is 0.0138. The molecular formula is C22H16O4. The highest BCUT2D eigenvalue weighted by Gasteiger charge is 2.34. The van der Waals surface area contributed by atoms with Crippen molar-refractivity contribution in [3.05, 3.63) is 77.9 Å². The van der Waals surface area contributed by atoms with Gasteiger partial charge in [-0.15, -0.1) is 0 Å². The third-order valence-electron chi connectivity index (χ3n) is 4.96. The summed E-state index contributed by atoms with van der Waals surface area (Å²) in [6.07, 6.45) is 2.93. The summed E-state index contributed by atoms with van der Waals surface area (Å²) >= 11 is 0. The van der Waals surface area contributed by atoms with Gasteiger partial charge in [-0.3, -0.25) is 4.79 Å². The van der Waals surface area contributed by atoms with Gasteiger partial charge >= 0.3 is 0 Å². The molecule has 2 aliphatic rings. The molecule has 128 valence electrons. The zero-order valence-electron chi connectivity index (χ0n) is 14.1. The largest absolute Gasteiger partial charge is 0.496 e. The fourth-order valence-corrected chi connectivity index (χ4v) is 3.74. The van der Waals surface area contributed by atoms with E-state index in [1.165, 1.54) is 0 Å². The second-order valence-corrected chi connectivity index (χ2v) is 6.39. The van der Waals surface area contributed by atoms with E-state index in [1.54, 1.807) is 13.2 Å². The van der Waals surface area contributed by atoms with Gasteiger partial charge in [0, 0.05) is 10.9 Å². The minimum Gasteiger partial charge on any atom is -0.496 e. The average molecular weight is 344 g/mol. The first-order valence-electron chi connectivity index (χ1n) is 8.51. The molecule has 2 atom stereocenters. The van der Waals surface area contributed by atoms with Crippen molar-refractivity contribution in [2.24, 2.45) is 0 Å². The van der Waals surface area contributed by atoms with Crippen molar-refractivity contribution >= 4 is 16.6 Å². The molecule has 0 radical (unpaired) electrons. The number of fused-ring (bicyclic) bond motifs is 1. The summed E-state index contributed by atoms with van der Waals surface area (Å²) in [6, 6.07) is 17.3. The molecule has 5 rings (SSSR count). The Morgan fingerprint density at radius 2 is 1.73 bits per heavy atom. The molecule has 26 heavy (non-hydrogen) atoms. The van der Waals surface area contributed by atoms with Crippen LogP contribution in [0.25, 0.3) is 10.8 Å². The number of hydrogen-bond donors (Lipinski definition) is 0. The molecule has 1 heterocycles. The van der Waals surface area contributed by atoms with E-state index in [2.05, 4.69) is 0 Å². The highest BCUT2D eigenvalue weighted by molar-refractivity contribution is 6.07. The van der Waals surface area contributed by atoms with Crippen molar-refractivity contribution in [1.29, 1.82) is 0 Å². The first kappa shape index (κ1) is 15.0. The van der Waals surface area contributed by atoms with Crippen LogP contribution in [0, 0.1) is 0 Å². The van der Waals surface area contributed by atoms with Crippen LogP contribution in [0.1, 0.15) is 21.8 Å². The molecule has 1 aliphatic carbocycles. The molecule has 0 spiro atoms. The second kappa shape index (κ2) is 5.63. The Morgan fingerprint density at radius 1 is 0.923 bits per heavy atom. The van der Waals surface area contributed by atoms with E-state index in [0.29, 0.717) is 5.56 Å². The van der Waals surface area contributed by atoms with E-state index in [-0.39, 0.29) is 11.7 Å². The zero-order chi connectivity index (χ0) is 17.7. The lowest BCUT2D eigenvalue weighted by molar-refractivity contribution is -0.0114. The lowest BCUT2D eigenvalue weighted by atomic mass is 9.86. The molecule has 0 saturated carbocycles. The molecule has 3 aromatic carbocycles. The number of benzene rings is 3. The van der Waals surface area contributed by atoms with Gasteiger partial charge in [-0.25, -0.2) is 0 Å². The Bertz CT molecular complexity index is 1050. The first-order valence-corrected chi connectivity index (χ1v) is 8.51. The number of ether oxygens (including phenoxy) is 3. The number of rotatable bonds is 2. The highest BCUT2D eigenvalue weighted by Crippen LogP contribution is 2.45. The van der Waals surface area contributed by atoms with Crippen LogP contribution in [0.4, 0.5) is 0 Å². The molecule has 0 amide bonds. The van der Waals surface area contributed by atoms with Gasteiger partial charge in [0.15, 0.2) is 5.78 Å². The normalized spacial score (nSPS) is 20.3. The lowest BCUT2D eigenvalue weighted by Gasteiger charge is -2.33. The van der Waals surface area contributed by atoms with E-state index >= 15 is 0 Å². The number of hydrogen-bond acceptors (Lipinski definition) is 4. The van der Waals surface area contributed by atoms with Gasteiger partial charge in [-0.05, 0) is 29.8 Å². The van der Waals surface area contributed by atoms with Crippen molar-refractivity contribution in [3.63, 3.8) is 0 Å². The summed E-state index contributed by atoms with van der Waals surface area (Å²) in [6.45, 7) is 0. The Morgan fingerprint density at radius 3 is 2.58 bits per heavy atom. The smallest absolute Gasteiger partial charge is 0.251 e. The Hall–Kier alpha value is -3.27. The van der Waals surface area contributed by atoms with Crippen LogP contribution in [0.5, 0.6) is 17.2 Å². The summed E-state index contributed by atoms with van der Waals surface area (Å²) in [5.74, 6) is 2.16. The number of carbonyl (C=O) groups excluding carboxylic acids is 1. The number of ketones is 1. The molecule has 0 aromatic heterocycles. The second-order valence-electron chi connectivity index (χ2n) is 6.39. The van der Waals surface area contributed by atoms with E-state index in [0.717, 1.165) is 33.6 Å². The van der Waals surface area contributed by atoms with E-state index in [9.17, 15) is 4.79 Å². The third-order valence-corrected chi connectivity index (χ3v) is 4.96. The van der Waals surface area contributed by atoms with Gasteiger partial charge in [0.1, 0.15) is 17.2 Å². The number of carbonyl (C=O) groups is 1. The summed E-state index contributed by atoms with van der Waals surface area (Å²) < 4.78 is 17.8. The van der Waals surface area contributed by atoms with Gasteiger partial charge < -0.3 is 14.2 Å². The average Bonchev–Trinajstić information content (AvgIpc) is 2.69. The van der Waals surface area contributed by atoms with Gasteiger partial charge in [0.05, 0.1) is 18.4 Å². The molecule has 3 aromatic rings. The Labute approximate surface area is 150 Å². The van der Waals surface area contributed by atoms with E-state index in [1.807, 2.05) is 60.7 Å². The molecule has 0 N–H and O–H groups in total. The molecule has 0 fully saturated rings. The molecule has 0 saturated heterocycles. The minimum atomic E-state index is -0.535. The molecule has 4 heteroatoms. The quantitative estimate of drug-likeness (QED) is 0.687. The fraction of sp³-hybridized carbons (Fsp3) is 0.136. The summed E-state index contributed by atoms with van der Waals surface area (Å²) in [5, 5.41) is 1.86. The maximum atomic E-state index is 12.2. The standard InChI is InChI=1S/C22H16O4/c1-24-18-11-12-20-21-16(18)7-4-8-19(21)25-22(26-20)15-9-10-17(23)14-6-3-2-5-13(14)15/h2-12,15,22H,1H3. The van der Waals surface area contributed by atoms with E-state index < -0.39 is 6.29 Å². The monoisotopic (exact) mass is 344 g/mol. The van der Waals surface area contributed by atoms with Crippen LogP contribution in [0.2, 0.25) is 0 Å². The zero-order valence-corrected chi connectivity index (χ0v) is 14.1. The van der Waals surface area contributed by atoms with Gasteiger partial charge in [-0.2, -0.15) is 0 Å². The van der Waals surface area contributed by atoms with E-state index in [4.69, 9.17) is 14.2 Å². The third kappa shape index (κ3) is 2.12. The van der Waals surface area contributed by atoms with Gasteiger partial charge in [0.25, 0.3) is 6.29 Å². The summed E-state index contributed by atoms with van der Waals surface area (Å²) in [7, 11) is 1.65. The highest BCUT2D eigenvalue weighted by atomic mass is 16.7. The Balaban J connectivity index is 1.60. The van der Waals surface area contributed by atoms with Crippen LogP contribution in [0.3, 0.4) is 0 Å². The van der Waals surface area contributed by atoms with Crippen LogP contribution < -0.4 is 14.2 Å². The molecular weight excluding hydrogens is 328 g/mol. The number of methoxy groups -OCH3 is 1. The SMILES string of the molecule is COc1ccc2c3c(cccc13)OC(C1C=CC(=O)c3ccccc31)O2. The van der Waals surface area contributed by atoms with Crippen molar-refractivity contribution in [3.8, 4) is 17.2 Å². The lowest BCUT2D eigenvalue weighted by Crippen LogP contribution is -2.34. The molecule has 1 aliphatic heterocycles. The molecule has 2 unspecified atom stereocenters. The maximum Gasteiger partial charge on any atom is 0.251 e. The summed E-state index contributed by atoms with van der Waals surface area (Å²) in [5.41, 5.74) is 1.63. The summed E-state index contributed by atoms with van der Waals surface area (Å²) in [4.78, 5) is 12.2. The van der Waals surface area contributed by atoms with Crippen LogP contribution in [-0.4, -0.2) is 19.2 Å².